The molecule has 0 spiro atoms. The van der Waals surface area contributed by atoms with Crippen LogP contribution < -0.4 is 0 Å². The molecule has 0 bridgehead atoms. The van der Waals surface area contributed by atoms with Gasteiger partial charge in [-0.3, -0.25) is 0 Å². The molecule has 1 aromatic rings. The highest BCUT2D eigenvalue weighted by Crippen LogP contribution is 2.20. The van der Waals surface area contributed by atoms with Crippen molar-refractivity contribution in [2.45, 2.75) is 12.3 Å². The molecule has 0 radical (unpaired) electrons. The van der Waals surface area contributed by atoms with E-state index in [0.717, 1.165) is 22.0 Å². The highest BCUT2D eigenvalue weighted by atomic mass is 79.9. The molecule has 1 aromatic carbocycles. The van der Waals surface area contributed by atoms with Crippen molar-refractivity contribution in [3.8, 4) is 0 Å². The number of ether oxygens (including phenoxy) is 1. The average Bonchev–Trinajstić information content (AvgIpc) is 2.28. The summed E-state index contributed by atoms with van der Waals surface area (Å²) in [5, 5.41) is 0.773. The van der Waals surface area contributed by atoms with Crippen LogP contribution in [0.15, 0.2) is 30.3 Å². The van der Waals surface area contributed by atoms with Crippen molar-refractivity contribution in [3.05, 3.63) is 41.5 Å². The second-order valence-electron chi connectivity index (χ2n) is 3.14. The zero-order valence-electron chi connectivity index (χ0n) is 8.79. The van der Waals surface area contributed by atoms with Crippen molar-refractivity contribution in [3.63, 3.8) is 0 Å². The molecule has 0 amide bonds. The summed E-state index contributed by atoms with van der Waals surface area (Å²) in [5.41, 5.74) is 3.15. The number of carbonyl (C=O) groups is 1. The maximum absolute atomic E-state index is 11.1. The molecule has 0 N–H and O–H groups in total. The smallest absolute Gasteiger partial charge is 0.330 e. The Labute approximate surface area is 98.1 Å². The lowest BCUT2D eigenvalue weighted by atomic mass is 10.0. The van der Waals surface area contributed by atoms with Crippen LogP contribution in [0, 0.1) is 0 Å². The van der Waals surface area contributed by atoms with E-state index in [-0.39, 0.29) is 5.97 Å². The molecule has 0 saturated heterocycles. The molecule has 0 heterocycles. The van der Waals surface area contributed by atoms with Crippen molar-refractivity contribution < 1.29 is 9.53 Å². The minimum Gasteiger partial charge on any atom is -0.466 e. The van der Waals surface area contributed by atoms with Crippen molar-refractivity contribution in [2.24, 2.45) is 0 Å². The lowest BCUT2D eigenvalue weighted by Crippen LogP contribution is -1.97. The number of hydrogen-bond acceptors (Lipinski definition) is 2. The second kappa shape index (κ2) is 5.71. The Balaban J connectivity index is 3.05. The Bertz CT molecular complexity index is 383. The summed E-state index contributed by atoms with van der Waals surface area (Å²) >= 11 is 3.42. The van der Waals surface area contributed by atoms with E-state index >= 15 is 0 Å². The molecule has 0 aliphatic rings. The third-order valence-electron chi connectivity index (χ3n) is 2.12. The van der Waals surface area contributed by atoms with Gasteiger partial charge in [0.1, 0.15) is 0 Å². The van der Waals surface area contributed by atoms with Crippen molar-refractivity contribution >= 4 is 27.5 Å². The van der Waals surface area contributed by atoms with E-state index in [2.05, 4.69) is 20.7 Å². The van der Waals surface area contributed by atoms with E-state index in [9.17, 15) is 4.79 Å². The third-order valence-corrected chi connectivity index (χ3v) is 2.73. The standard InChI is InChI=1S/C12H13BrO2/c1-9(7-12(14)15-2)11-6-4-3-5-10(11)8-13/h3-7H,8H2,1-2H3. The molecule has 0 aliphatic carbocycles. The molecule has 0 fully saturated rings. The molecule has 0 aliphatic heterocycles. The first kappa shape index (κ1) is 12.0. The van der Waals surface area contributed by atoms with E-state index in [1.807, 2.05) is 31.2 Å². The Morgan fingerprint density at radius 2 is 2.13 bits per heavy atom. The predicted octanol–water partition coefficient (Wildman–Crippen LogP) is 3.16. The molecular weight excluding hydrogens is 256 g/mol. The fourth-order valence-corrected chi connectivity index (χ4v) is 1.82. The fraction of sp³-hybridized carbons (Fsp3) is 0.250. The van der Waals surface area contributed by atoms with Crippen LogP contribution in [0.1, 0.15) is 18.1 Å². The topological polar surface area (TPSA) is 26.3 Å². The number of methoxy groups -OCH3 is 1. The number of hydrogen-bond donors (Lipinski definition) is 0. The van der Waals surface area contributed by atoms with Gasteiger partial charge in [-0.1, -0.05) is 40.2 Å². The van der Waals surface area contributed by atoms with Gasteiger partial charge in [0.2, 0.25) is 0 Å². The van der Waals surface area contributed by atoms with Gasteiger partial charge < -0.3 is 4.74 Å². The normalized spacial score (nSPS) is 11.3. The van der Waals surface area contributed by atoms with Crippen LogP contribution in [0.2, 0.25) is 0 Å². The Kier molecular flexibility index (Phi) is 4.56. The number of esters is 1. The fourth-order valence-electron chi connectivity index (χ4n) is 1.33. The zero-order valence-corrected chi connectivity index (χ0v) is 10.4. The molecule has 1 rings (SSSR count). The van der Waals surface area contributed by atoms with E-state index < -0.39 is 0 Å². The molecule has 0 saturated carbocycles. The Morgan fingerprint density at radius 3 is 2.73 bits per heavy atom. The van der Waals surface area contributed by atoms with Crippen molar-refractivity contribution in [2.75, 3.05) is 7.11 Å². The number of halogens is 1. The van der Waals surface area contributed by atoms with Crippen LogP contribution >= 0.6 is 15.9 Å². The largest absolute Gasteiger partial charge is 0.466 e. The Morgan fingerprint density at radius 1 is 1.47 bits per heavy atom. The first-order valence-corrected chi connectivity index (χ1v) is 5.71. The molecule has 3 heteroatoms. The monoisotopic (exact) mass is 268 g/mol. The summed E-state index contributed by atoms with van der Waals surface area (Å²) in [7, 11) is 1.38. The van der Waals surface area contributed by atoms with E-state index in [0.29, 0.717) is 0 Å². The predicted molar refractivity (Wildman–Crippen MR) is 64.7 cm³/mol. The van der Waals surface area contributed by atoms with E-state index in [1.165, 1.54) is 13.2 Å². The van der Waals surface area contributed by atoms with Gasteiger partial charge in [0.05, 0.1) is 7.11 Å². The molecule has 2 nitrogen and oxygen atoms in total. The van der Waals surface area contributed by atoms with Gasteiger partial charge in [-0.2, -0.15) is 0 Å². The van der Waals surface area contributed by atoms with Crippen LogP contribution in [0.4, 0.5) is 0 Å². The van der Waals surface area contributed by atoms with Gasteiger partial charge in [0, 0.05) is 11.4 Å². The molecule has 0 unspecified atom stereocenters. The molecule has 15 heavy (non-hydrogen) atoms. The quantitative estimate of drug-likeness (QED) is 0.478. The molecule has 0 aromatic heterocycles. The first-order chi connectivity index (χ1) is 7.19. The van der Waals surface area contributed by atoms with Gasteiger partial charge in [-0.15, -0.1) is 0 Å². The van der Waals surface area contributed by atoms with Crippen molar-refractivity contribution in [1.29, 1.82) is 0 Å². The van der Waals surface area contributed by atoms with Crippen LogP contribution in [-0.2, 0) is 14.9 Å². The first-order valence-electron chi connectivity index (χ1n) is 4.59. The summed E-state index contributed by atoms with van der Waals surface area (Å²) in [6, 6.07) is 7.95. The van der Waals surface area contributed by atoms with Crippen LogP contribution in [0.5, 0.6) is 0 Å². The summed E-state index contributed by atoms with van der Waals surface area (Å²) in [5.74, 6) is -0.322. The highest BCUT2D eigenvalue weighted by molar-refractivity contribution is 9.08. The summed E-state index contributed by atoms with van der Waals surface area (Å²) in [4.78, 5) is 11.1. The minimum atomic E-state index is -0.322. The average molecular weight is 269 g/mol. The van der Waals surface area contributed by atoms with E-state index in [1.54, 1.807) is 0 Å². The number of carbonyl (C=O) groups excluding carboxylic acids is 1. The van der Waals surface area contributed by atoms with Gasteiger partial charge in [0.15, 0.2) is 0 Å². The SMILES string of the molecule is COC(=O)C=C(C)c1ccccc1CBr. The molecule has 0 atom stereocenters. The van der Waals surface area contributed by atoms with Crippen molar-refractivity contribution in [1.82, 2.24) is 0 Å². The number of allylic oxidation sites excluding steroid dienone is 1. The van der Waals surface area contributed by atoms with Gasteiger partial charge in [-0.25, -0.2) is 4.79 Å². The number of benzene rings is 1. The van der Waals surface area contributed by atoms with Gasteiger partial charge >= 0.3 is 5.97 Å². The molecular formula is C12H13BrO2. The second-order valence-corrected chi connectivity index (χ2v) is 3.70. The summed E-state index contributed by atoms with van der Waals surface area (Å²) in [6.07, 6.45) is 1.50. The van der Waals surface area contributed by atoms with Crippen LogP contribution in [0.25, 0.3) is 5.57 Å². The van der Waals surface area contributed by atoms with E-state index in [4.69, 9.17) is 0 Å². The maximum atomic E-state index is 11.1. The number of rotatable bonds is 3. The lowest BCUT2D eigenvalue weighted by Gasteiger charge is -2.06. The third kappa shape index (κ3) is 3.20. The maximum Gasteiger partial charge on any atom is 0.330 e. The van der Waals surface area contributed by atoms with Gasteiger partial charge in [0.25, 0.3) is 0 Å². The summed E-state index contributed by atoms with van der Waals surface area (Å²) in [6.45, 7) is 1.90. The Hall–Kier alpha value is -1.09. The lowest BCUT2D eigenvalue weighted by molar-refractivity contribution is -0.134. The summed E-state index contributed by atoms with van der Waals surface area (Å²) < 4.78 is 4.59. The number of alkyl halides is 1. The minimum absolute atomic E-state index is 0.322. The zero-order chi connectivity index (χ0) is 11.3. The highest BCUT2D eigenvalue weighted by Gasteiger charge is 2.04. The molecule has 80 valence electrons. The van der Waals surface area contributed by atoms with Crippen LogP contribution in [-0.4, -0.2) is 13.1 Å². The van der Waals surface area contributed by atoms with Crippen LogP contribution in [0.3, 0.4) is 0 Å². The van der Waals surface area contributed by atoms with Gasteiger partial charge in [-0.05, 0) is 23.6 Å².